The molecule has 1 aromatic rings. The van der Waals surface area contributed by atoms with Crippen LogP contribution in [-0.4, -0.2) is 10.9 Å². The Hall–Kier alpha value is 0.425. The first-order chi connectivity index (χ1) is 5.77. The van der Waals surface area contributed by atoms with E-state index in [9.17, 15) is 4.79 Å². The van der Waals surface area contributed by atoms with E-state index < -0.39 is 0 Å². The first kappa shape index (κ1) is 11.5. The molecule has 0 radical (unpaired) electrons. The van der Waals surface area contributed by atoms with Gasteiger partial charge < -0.3 is 10.1 Å². The Labute approximate surface area is 126 Å². The second kappa shape index (κ2) is 4.78. The third-order valence-electron chi connectivity index (χ3n) is 2.08. The van der Waals surface area contributed by atoms with Crippen LogP contribution < -0.4 is 58.2 Å². The molecule has 0 unspecified atom stereocenters. The Morgan fingerprint density at radius 2 is 2.15 bits per heavy atom. The van der Waals surface area contributed by atoms with Crippen LogP contribution in [0.1, 0.15) is 17.5 Å². The van der Waals surface area contributed by atoms with Gasteiger partial charge in [0, 0.05) is 12.4 Å². The van der Waals surface area contributed by atoms with Crippen molar-refractivity contribution in [1.29, 1.82) is 0 Å². The van der Waals surface area contributed by atoms with E-state index in [1.54, 1.807) is 6.20 Å². The minimum absolute atomic E-state index is 0. The number of carbonyl (C=O) groups is 1. The maximum atomic E-state index is 10.9. The number of hydrogen-bond acceptors (Lipinski definition) is 2. The monoisotopic (exact) mass is 246 g/mol. The molecule has 1 aromatic heterocycles. The molecule has 0 aromatic carbocycles. The maximum Gasteiger partial charge on any atom is 1.00 e. The van der Waals surface area contributed by atoms with E-state index >= 15 is 0 Å². The molecule has 13 heavy (non-hydrogen) atoms. The fourth-order valence-corrected chi connectivity index (χ4v) is 1.42. The Balaban J connectivity index is 0.000000845. The molecular formula is C9H9N2ORb. The van der Waals surface area contributed by atoms with Crippen molar-refractivity contribution in [2.24, 2.45) is 0 Å². The van der Waals surface area contributed by atoms with Gasteiger partial charge in [0.05, 0.1) is 5.91 Å². The molecular weight excluding hydrogens is 238 g/mol. The van der Waals surface area contributed by atoms with Crippen LogP contribution in [0.2, 0.25) is 0 Å². The standard InChI is InChI=1S/C9H10N2O.Rb/c1-6-4-10-5-8-7(6)2-3-9(12)11-8;/h4-5H,2-3H2,1H3,(H,11,12);/q;+1/p-1. The number of fused-ring (bicyclic) bond motifs is 1. The maximum absolute atomic E-state index is 10.9. The van der Waals surface area contributed by atoms with Crippen molar-refractivity contribution in [2.45, 2.75) is 19.8 Å². The molecule has 1 aliphatic heterocycles. The van der Waals surface area contributed by atoms with E-state index in [1.807, 2.05) is 13.1 Å². The topological polar surface area (TPSA) is 44.1 Å². The zero-order chi connectivity index (χ0) is 8.55. The van der Waals surface area contributed by atoms with E-state index in [0.29, 0.717) is 6.42 Å². The number of aryl methyl sites for hydroxylation is 1. The average molecular weight is 247 g/mol. The van der Waals surface area contributed by atoms with Crippen LogP contribution in [0.3, 0.4) is 0 Å². The summed E-state index contributed by atoms with van der Waals surface area (Å²) >= 11 is 0. The van der Waals surface area contributed by atoms with Crippen LogP contribution in [0.4, 0.5) is 5.69 Å². The number of nitrogens with zero attached hydrogens (tertiary/aromatic N) is 2. The fraction of sp³-hybridized carbons (Fsp3) is 0.333. The summed E-state index contributed by atoms with van der Waals surface area (Å²) in [5.41, 5.74) is 3.06. The summed E-state index contributed by atoms with van der Waals surface area (Å²) in [6.07, 6.45) is 4.81. The quantitative estimate of drug-likeness (QED) is 0.582. The van der Waals surface area contributed by atoms with Crippen molar-refractivity contribution in [3.63, 3.8) is 0 Å². The van der Waals surface area contributed by atoms with Gasteiger partial charge >= 0.3 is 58.2 Å². The summed E-state index contributed by atoms with van der Waals surface area (Å²) in [4.78, 5) is 14.9. The number of pyridine rings is 1. The summed E-state index contributed by atoms with van der Waals surface area (Å²) in [5.74, 6) is -0.0325. The van der Waals surface area contributed by atoms with Crippen molar-refractivity contribution >= 4 is 11.6 Å². The third kappa shape index (κ3) is 2.46. The average Bonchev–Trinajstić information content (AvgIpc) is 2.04. The van der Waals surface area contributed by atoms with Crippen LogP contribution in [0.15, 0.2) is 12.4 Å². The molecule has 0 atom stereocenters. The molecule has 1 aliphatic rings. The summed E-state index contributed by atoms with van der Waals surface area (Å²) in [6, 6.07) is 0. The second-order valence-electron chi connectivity index (χ2n) is 2.96. The molecule has 2 rings (SSSR count). The molecule has 0 spiro atoms. The molecule has 2 heterocycles. The Morgan fingerprint density at radius 3 is 2.92 bits per heavy atom. The summed E-state index contributed by atoms with van der Waals surface area (Å²) in [6.45, 7) is 2.00. The van der Waals surface area contributed by atoms with Crippen LogP contribution in [0, 0.1) is 6.92 Å². The van der Waals surface area contributed by atoms with Gasteiger partial charge in [0.15, 0.2) is 0 Å². The van der Waals surface area contributed by atoms with Gasteiger partial charge in [-0.05, 0) is 25.3 Å². The first-order valence-corrected chi connectivity index (χ1v) is 3.95. The fourth-order valence-electron chi connectivity index (χ4n) is 1.42. The van der Waals surface area contributed by atoms with Crippen LogP contribution in [0.25, 0.3) is 5.32 Å². The van der Waals surface area contributed by atoms with Gasteiger partial charge in [-0.1, -0.05) is 5.56 Å². The minimum Gasteiger partial charge on any atom is -0.625 e. The molecule has 0 aliphatic carbocycles. The molecule has 62 valence electrons. The molecule has 0 N–H and O–H groups in total. The first-order valence-electron chi connectivity index (χ1n) is 3.95. The Bertz CT molecular complexity index is 338. The van der Waals surface area contributed by atoms with Crippen molar-refractivity contribution < 1.29 is 63.0 Å². The SMILES string of the molecule is Cc1cncc2c1CCC(=O)[N-]2.[Rb+]. The zero-order valence-corrected chi connectivity index (χ0v) is 12.8. The summed E-state index contributed by atoms with van der Waals surface area (Å²) in [7, 11) is 0. The molecule has 0 bridgehead atoms. The van der Waals surface area contributed by atoms with Crippen LogP contribution >= 0.6 is 0 Å². The normalized spacial score (nSPS) is 14.1. The number of aromatic nitrogens is 1. The van der Waals surface area contributed by atoms with Crippen LogP contribution in [-0.2, 0) is 11.2 Å². The van der Waals surface area contributed by atoms with Gasteiger partial charge in [0.25, 0.3) is 0 Å². The summed E-state index contributed by atoms with van der Waals surface area (Å²) in [5, 5.41) is 3.91. The molecule has 3 nitrogen and oxygen atoms in total. The smallest absolute Gasteiger partial charge is 0.625 e. The zero-order valence-electron chi connectivity index (χ0n) is 7.87. The van der Waals surface area contributed by atoms with E-state index in [0.717, 1.165) is 17.7 Å². The third-order valence-corrected chi connectivity index (χ3v) is 2.08. The van der Waals surface area contributed by atoms with Gasteiger partial charge in [-0.15, -0.1) is 5.69 Å². The summed E-state index contributed by atoms with van der Waals surface area (Å²) < 4.78 is 0. The van der Waals surface area contributed by atoms with Crippen molar-refractivity contribution in [1.82, 2.24) is 4.98 Å². The van der Waals surface area contributed by atoms with E-state index in [4.69, 9.17) is 0 Å². The number of carbonyl (C=O) groups excluding carboxylic acids is 1. The van der Waals surface area contributed by atoms with Crippen molar-refractivity contribution in [2.75, 3.05) is 0 Å². The van der Waals surface area contributed by atoms with Crippen molar-refractivity contribution in [3.8, 4) is 0 Å². The molecule has 4 heteroatoms. The van der Waals surface area contributed by atoms with Gasteiger partial charge in [-0.2, -0.15) is 0 Å². The Kier molecular flexibility index (Phi) is 4.23. The van der Waals surface area contributed by atoms with Gasteiger partial charge in [-0.25, -0.2) is 0 Å². The van der Waals surface area contributed by atoms with Crippen LogP contribution in [0.5, 0.6) is 0 Å². The van der Waals surface area contributed by atoms with E-state index in [1.165, 1.54) is 5.56 Å². The number of rotatable bonds is 0. The van der Waals surface area contributed by atoms with Gasteiger partial charge in [0.1, 0.15) is 0 Å². The van der Waals surface area contributed by atoms with Crippen molar-refractivity contribution in [3.05, 3.63) is 28.8 Å². The second-order valence-corrected chi connectivity index (χ2v) is 2.96. The Morgan fingerprint density at radius 1 is 1.38 bits per heavy atom. The van der Waals surface area contributed by atoms with Gasteiger partial charge in [-0.3, -0.25) is 4.98 Å². The minimum atomic E-state index is -0.0325. The molecule has 0 fully saturated rings. The predicted octanol–water partition coefficient (Wildman–Crippen LogP) is -1.13. The number of hydrogen-bond donors (Lipinski definition) is 0. The molecule has 0 saturated heterocycles. The van der Waals surface area contributed by atoms with Gasteiger partial charge in [0.2, 0.25) is 0 Å². The van der Waals surface area contributed by atoms with E-state index in [-0.39, 0.29) is 64.1 Å². The van der Waals surface area contributed by atoms with E-state index in [2.05, 4.69) is 10.3 Å². The molecule has 0 saturated carbocycles. The largest absolute Gasteiger partial charge is 1.00 e. The molecule has 1 amide bonds. The number of amides is 1. The predicted molar refractivity (Wildman–Crippen MR) is 45.3 cm³/mol.